The minimum Gasteiger partial charge on any atom is -0.465 e. The third-order valence-electron chi connectivity index (χ3n) is 3.36. The third kappa shape index (κ3) is 4.82. The Balaban J connectivity index is 2.92. The molecular weight excluding hydrogens is 272 g/mol. The predicted octanol–water partition coefficient (Wildman–Crippen LogP) is 2.68. The second kappa shape index (κ2) is 7.73. The molecule has 0 aromatic heterocycles. The SMILES string of the molecule is CCOC(=O)CN(Cc1cccc([N+](=O)[O-])c1C)C(C)C. The van der Waals surface area contributed by atoms with Gasteiger partial charge in [0.25, 0.3) is 5.69 Å². The summed E-state index contributed by atoms with van der Waals surface area (Å²) >= 11 is 0. The van der Waals surface area contributed by atoms with Gasteiger partial charge in [0.15, 0.2) is 0 Å². The molecule has 0 unspecified atom stereocenters. The van der Waals surface area contributed by atoms with Crippen LogP contribution in [-0.4, -0.2) is 35.0 Å². The number of nitro groups is 1. The van der Waals surface area contributed by atoms with Crippen LogP contribution in [0.3, 0.4) is 0 Å². The Morgan fingerprint density at radius 3 is 2.62 bits per heavy atom. The maximum Gasteiger partial charge on any atom is 0.320 e. The summed E-state index contributed by atoms with van der Waals surface area (Å²) in [5.41, 5.74) is 1.59. The average molecular weight is 294 g/mol. The van der Waals surface area contributed by atoms with Gasteiger partial charge in [-0.15, -0.1) is 0 Å². The summed E-state index contributed by atoms with van der Waals surface area (Å²) in [6.45, 7) is 8.45. The van der Waals surface area contributed by atoms with Crippen LogP contribution >= 0.6 is 0 Å². The second-order valence-corrected chi connectivity index (χ2v) is 5.12. The van der Waals surface area contributed by atoms with Gasteiger partial charge in [-0.1, -0.05) is 12.1 Å². The van der Waals surface area contributed by atoms with Crippen LogP contribution in [0.4, 0.5) is 5.69 Å². The number of ether oxygens (including phenoxy) is 1. The van der Waals surface area contributed by atoms with Gasteiger partial charge in [0.2, 0.25) is 0 Å². The van der Waals surface area contributed by atoms with Crippen molar-refractivity contribution in [1.29, 1.82) is 0 Å². The van der Waals surface area contributed by atoms with Gasteiger partial charge in [-0.25, -0.2) is 0 Å². The number of nitro benzene ring substituents is 1. The molecule has 0 fully saturated rings. The average Bonchev–Trinajstić information content (AvgIpc) is 2.39. The molecule has 1 aromatic carbocycles. The Morgan fingerprint density at radius 2 is 2.10 bits per heavy atom. The van der Waals surface area contributed by atoms with Crippen LogP contribution in [0.1, 0.15) is 31.9 Å². The van der Waals surface area contributed by atoms with E-state index in [1.807, 2.05) is 24.8 Å². The van der Waals surface area contributed by atoms with Crippen LogP contribution in [-0.2, 0) is 16.1 Å². The lowest BCUT2D eigenvalue weighted by atomic mass is 10.1. The van der Waals surface area contributed by atoms with Crippen molar-refractivity contribution in [2.24, 2.45) is 0 Å². The Labute approximate surface area is 124 Å². The first kappa shape index (κ1) is 17.1. The summed E-state index contributed by atoms with van der Waals surface area (Å²) in [5.74, 6) is -0.283. The van der Waals surface area contributed by atoms with Gasteiger partial charge in [-0.2, -0.15) is 0 Å². The minimum atomic E-state index is -0.385. The largest absolute Gasteiger partial charge is 0.465 e. The van der Waals surface area contributed by atoms with Crippen LogP contribution in [0.2, 0.25) is 0 Å². The van der Waals surface area contributed by atoms with Gasteiger partial charge in [-0.3, -0.25) is 19.8 Å². The number of hydrogen-bond acceptors (Lipinski definition) is 5. The fraction of sp³-hybridized carbons (Fsp3) is 0.533. The van der Waals surface area contributed by atoms with E-state index in [0.717, 1.165) is 5.56 Å². The van der Waals surface area contributed by atoms with Crippen LogP contribution in [0.5, 0.6) is 0 Å². The van der Waals surface area contributed by atoms with E-state index in [-0.39, 0.29) is 29.2 Å². The molecule has 0 radical (unpaired) electrons. The summed E-state index contributed by atoms with van der Waals surface area (Å²) in [7, 11) is 0. The first-order valence-corrected chi connectivity index (χ1v) is 6.99. The van der Waals surface area contributed by atoms with E-state index in [1.165, 1.54) is 6.07 Å². The Bertz CT molecular complexity index is 514. The molecule has 1 rings (SSSR count). The fourth-order valence-corrected chi connectivity index (χ4v) is 2.05. The van der Waals surface area contributed by atoms with Crippen LogP contribution in [0.15, 0.2) is 18.2 Å². The van der Waals surface area contributed by atoms with E-state index < -0.39 is 0 Å². The second-order valence-electron chi connectivity index (χ2n) is 5.12. The maximum atomic E-state index is 11.6. The fourth-order valence-electron chi connectivity index (χ4n) is 2.05. The molecule has 6 heteroatoms. The molecule has 0 aliphatic rings. The van der Waals surface area contributed by atoms with Gasteiger partial charge in [0, 0.05) is 24.2 Å². The van der Waals surface area contributed by atoms with E-state index in [9.17, 15) is 14.9 Å². The molecule has 116 valence electrons. The Hall–Kier alpha value is -1.95. The van der Waals surface area contributed by atoms with Crippen molar-refractivity contribution in [1.82, 2.24) is 4.90 Å². The lowest BCUT2D eigenvalue weighted by Gasteiger charge is -2.26. The molecule has 6 nitrogen and oxygen atoms in total. The van der Waals surface area contributed by atoms with Crippen molar-refractivity contribution in [2.75, 3.05) is 13.2 Å². The zero-order valence-corrected chi connectivity index (χ0v) is 13.0. The van der Waals surface area contributed by atoms with Crippen molar-refractivity contribution in [3.63, 3.8) is 0 Å². The zero-order valence-electron chi connectivity index (χ0n) is 13.0. The standard InChI is InChI=1S/C15H22N2O4/c1-5-21-15(18)10-16(11(2)3)9-13-7-6-8-14(12(13)4)17(19)20/h6-8,11H,5,9-10H2,1-4H3. The first-order chi connectivity index (χ1) is 9.86. The molecule has 0 N–H and O–H groups in total. The Kier molecular flexibility index (Phi) is 6.30. The highest BCUT2D eigenvalue weighted by Crippen LogP contribution is 2.22. The van der Waals surface area contributed by atoms with E-state index in [0.29, 0.717) is 18.7 Å². The summed E-state index contributed by atoms with van der Waals surface area (Å²) < 4.78 is 4.96. The first-order valence-electron chi connectivity index (χ1n) is 6.99. The molecule has 0 heterocycles. The summed E-state index contributed by atoms with van der Waals surface area (Å²) in [6, 6.07) is 5.14. The number of benzene rings is 1. The highest BCUT2D eigenvalue weighted by Gasteiger charge is 2.19. The quantitative estimate of drug-likeness (QED) is 0.439. The molecule has 21 heavy (non-hydrogen) atoms. The summed E-state index contributed by atoms with van der Waals surface area (Å²) in [5, 5.41) is 11.0. The van der Waals surface area contributed by atoms with Crippen LogP contribution in [0.25, 0.3) is 0 Å². The van der Waals surface area contributed by atoms with Crippen molar-refractivity contribution in [3.05, 3.63) is 39.4 Å². The third-order valence-corrected chi connectivity index (χ3v) is 3.36. The topological polar surface area (TPSA) is 72.7 Å². The van der Waals surface area contributed by atoms with Gasteiger partial charge >= 0.3 is 5.97 Å². The highest BCUT2D eigenvalue weighted by molar-refractivity contribution is 5.71. The molecule has 0 aliphatic carbocycles. The molecule has 0 bridgehead atoms. The molecule has 0 saturated carbocycles. The van der Waals surface area contributed by atoms with Crippen molar-refractivity contribution < 1.29 is 14.5 Å². The molecule has 0 aliphatic heterocycles. The monoisotopic (exact) mass is 294 g/mol. The molecule has 0 atom stereocenters. The van der Waals surface area contributed by atoms with Crippen LogP contribution in [0, 0.1) is 17.0 Å². The summed E-state index contributed by atoms with van der Waals surface area (Å²) in [6.07, 6.45) is 0. The van der Waals surface area contributed by atoms with E-state index >= 15 is 0 Å². The predicted molar refractivity (Wildman–Crippen MR) is 80.0 cm³/mol. The minimum absolute atomic E-state index is 0.104. The number of rotatable bonds is 7. The molecule has 1 aromatic rings. The number of hydrogen-bond donors (Lipinski definition) is 0. The molecular formula is C15H22N2O4. The number of carbonyl (C=O) groups excluding carboxylic acids is 1. The Morgan fingerprint density at radius 1 is 1.43 bits per heavy atom. The van der Waals surface area contributed by atoms with Gasteiger partial charge in [0.1, 0.15) is 0 Å². The highest BCUT2D eigenvalue weighted by atomic mass is 16.6. The smallest absolute Gasteiger partial charge is 0.320 e. The lowest BCUT2D eigenvalue weighted by Crippen LogP contribution is -2.36. The molecule has 0 spiro atoms. The number of nitrogens with zero attached hydrogens (tertiary/aromatic N) is 2. The lowest BCUT2D eigenvalue weighted by molar-refractivity contribution is -0.385. The van der Waals surface area contributed by atoms with Gasteiger partial charge in [-0.05, 0) is 33.3 Å². The maximum absolute atomic E-state index is 11.6. The van der Waals surface area contributed by atoms with Crippen LogP contribution < -0.4 is 0 Å². The van der Waals surface area contributed by atoms with Crippen molar-refractivity contribution in [3.8, 4) is 0 Å². The normalized spacial score (nSPS) is 11.0. The van der Waals surface area contributed by atoms with E-state index in [1.54, 1.807) is 19.9 Å². The van der Waals surface area contributed by atoms with E-state index in [2.05, 4.69) is 0 Å². The van der Waals surface area contributed by atoms with Crippen molar-refractivity contribution >= 4 is 11.7 Å². The molecule has 0 amide bonds. The number of carbonyl (C=O) groups is 1. The summed E-state index contributed by atoms with van der Waals surface area (Å²) in [4.78, 5) is 24.2. The van der Waals surface area contributed by atoms with Gasteiger partial charge < -0.3 is 4.74 Å². The van der Waals surface area contributed by atoms with Crippen molar-refractivity contribution in [2.45, 2.75) is 40.3 Å². The zero-order chi connectivity index (χ0) is 16.0. The number of esters is 1. The van der Waals surface area contributed by atoms with Gasteiger partial charge in [0.05, 0.1) is 18.1 Å². The molecule has 0 saturated heterocycles. The van der Waals surface area contributed by atoms with E-state index in [4.69, 9.17) is 4.74 Å².